The Morgan fingerprint density at radius 1 is 1.27 bits per heavy atom. The normalized spacial score (nSPS) is 19.0. The summed E-state index contributed by atoms with van der Waals surface area (Å²) >= 11 is 1.95. The van der Waals surface area contributed by atoms with E-state index in [2.05, 4.69) is 34.5 Å². The minimum atomic E-state index is 0.0456. The van der Waals surface area contributed by atoms with Gasteiger partial charge >= 0.3 is 0 Å². The van der Waals surface area contributed by atoms with Crippen LogP contribution in [-0.2, 0) is 11.3 Å². The van der Waals surface area contributed by atoms with Gasteiger partial charge in [-0.3, -0.25) is 9.69 Å². The molecule has 1 amide bonds. The number of hydrogen-bond acceptors (Lipinski definition) is 4. The first kappa shape index (κ1) is 15.2. The highest BCUT2D eigenvalue weighted by molar-refractivity contribution is 7.99. The van der Waals surface area contributed by atoms with E-state index in [9.17, 15) is 4.79 Å². The maximum absolute atomic E-state index is 12.2. The lowest BCUT2D eigenvalue weighted by Crippen LogP contribution is -2.43. The van der Waals surface area contributed by atoms with E-state index in [-0.39, 0.29) is 5.91 Å². The van der Waals surface area contributed by atoms with Crippen molar-refractivity contribution in [2.45, 2.75) is 12.6 Å². The number of benzene rings is 1. The van der Waals surface area contributed by atoms with Crippen molar-refractivity contribution in [3.05, 3.63) is 60.1 Å². The van der Waals surface area contributed by atoms with Crippen LogP contribution in [0.2, 0.25) is 0 Å². The Balaban J connectivity index is 1.58. The number of thioether (sulfide) groups is 1. The number of hydrogen-bond donors (Lipinski definition) is 1. The van der Waals surface area contributed by atoms with Crippen LogP contribution in [0.1, 0.15) is 17.4 Å². The molecule has 1 aromatic carbocycles. The van der Waals surface area contributed by atoms with Crippen molar-refractivity contribution in [3.8, 4) is 0 Å². The zero-order valence-corrected chi connectivity index (χ0v) is 13.2. The molecule has 3 rings (SSSR count). The smallest absolute Gasteiger partial charge is 0.234 e. The predicted octanol–water partition coefficient (Wildman–Crippen LogP) is 2.69. The summed E-state index contributed by atoms with van der Waals surface area (Å²) < 4.78 is 5.23. The number of amides is 1. The van der Waals surface area contributed by atoms with E-state index in [1.165, 1.54) is 5.56 Å². The zero-order chi connectivity index (χ0) is 15.2. The van der Waals surface area contributed by atoms with E-state index < -0.39 is 0 Å². The molecule has 1 aliphatic rings. The third kappa shape index (κ3) is 3.93. The average molecular weight is 316 g/mol. The Labute approximate surface area is 134 Å². The Hall–Kier alpha value is -1.72. The summed E-state index contributed by atoms with van der Waals surface area (Å²) in [6, 6.07) is 14.4. The molecule has 0 spiro atoms. The third-order valence-electron chi connectivity index (χ3n) is 3.81. The number of nitrogens with zero attached hydrogens (tertiary/aromatic N) is 1. The fourth-order valence-corrected chi connectivity index (χ4v) is 3.81. The first-order valence-electron chi connectivity index (χ1n) is 7.49. The monoisotopic (exact) mass is 316 g/mol. The summed E-state index contributed by atoms with van der Waals surface area (Å²) in [7, 11) is 0. The summed E-state index contributed by atoms with van der Waals surface area (Å²) in [6.45, 7) is 1.82. The molecule has 1 aromatic heterocycles. The van der Waals surface area contributed by atoms with Gasteiger partial charge in [0, 0.05) is 24.1 Å². The molecule has 5 heteroatoms. The molecule has 2 heterocycles. The minimum absolute atomic E-state index is 0.0456. The van der Waals surface area contributed by atoms with Crippen molar-refractivity contribution in [1.82, 2.24) is 10.2 Å². The van der Waals surface area contributed by atoms with Gasteiger partial charge in [-0.2, -0.15) is 11.8 Å². The molecule has 1 fully saturated rings. The van der Waals surface area contributed by atoms with Gasteiger partial charge in [-0.25, -0.2) is 0 Å². The van der Waals surface area contributed by atoms with Gasteiger partial charge in [0.2, 0.25) is 5.91 Å². The second-order valence-corrected chi connectivity index (χ2v) is 6.48. The van der Waals surface area contributed by atoms with Crippen molar-refractivity contribution < 1.29 is 9.21 Å². The van der Waals surface area contributed by atoms with Crippen molar-refractivity contribution in [1.29, 1.82) is 0 Å². The molecule has 0 saturated carbocycles. The van der Waals surface area contributed by atoms with E-state index in [0.717, 1.165) is 23.8 Å². The van der Waals surface area contributed by atoms with Crippen LogP contribution in [0.4, 0.5) is 0 Å². The molecule has 0 radical (unpaired) electrons. The fraction of sp³-hybridized carbons (Fsp3) is 0.353. The highest BCUT2D eigenvalue weighted by atomic mass is 32.2. The maximum atomic E-state index is 12.2. The highest BCUT2D eigenvalue weighted by Crippen LogP contribution is 2.28. The fourth-order valence-electron chi connectivity index (χ4n) is 2.65. The highest BCUT2D eigenvalue weighted by Gasteiger charge is 2.25. The van der Waals surface area contributed by atoms with Crippen LogP contribution in [0.5, 0.6) is 0 Å². The largest absolute Gasteiger partial charge is 0.467 e. The van der Waals surface area contributed by atoms with Crippen molar-refractivity contribution in [2.75, 3.05) is 24.6 Å². The maximum Gasteiger partial charge on any atom is 0.234 e. The lowest BCUT2D eigenvalue weighted by Gasteiger charge is -2.35. The molecule has 4 nitrogen and oxygen atoms in total. The number of carbonyl (C=O) groups is 1. The third-order valence-corrected chi connectivity index (χ3v) is 4.83. The van der Waals surface area contributed by atoms with E-state index in [1.807, 2.05) is 30.0 Å². The number of rotatable bonds is 5. The Morgan fingerprint density at radius 3 is 2.91 bits per heavy atom. The first-order chi connectivity index (χ1) is 10.8. The predicted molar refractivity (Wildman–Crippen MR) is 88.6 cm³/mol. The van der Waals surface area contributed by atoms with Crippen LogP contribution in [0.3, 0.4) is 0 Å². The van der Waals surface area contributed by atoms with Crippen molar-refractivity contribution in [3.63, 3.8) is 0 Å². The quantitative estimate of drug-likeness (QED) is 0.921. The number of furan rings is 1. The zero-order valence-electron chi connectivity index (χ0n) is 12.4. The average Bonchev–Trinajstić information content (AvgIpc) is 3.08. The molecule has 0 aliphatic carbocycles. The SMILES string of the molecule is O=C(CN1CCSC[C@@H]1c1ccccc1)NCc1ccco1. The van der Waals surface area contributed by atoms with Gasteiger partial charge in [0.1, 0.15) is 5.76 Å². The van der Waals surface area contributed by atoms with Gasteiger partial charge in [-0.05, 0) is 17.7 Å². The molecule has 1 saturated heterocycles. The van der Waals surface area contributed by atoms with Crippen molar-refractivity contribution >= 4 is 17.7 Å². The molecule has 1 aliphatic heterocycles. The second kappa shape index (κ2) is 7.51. The van der Waals surface area contributed by atoms with Crippen LogP contribution in [0.15, 0.2) is 53.1 Å². The molecule has 1 N–H and O–H groups in total. The van der Waals surface area contributed by atoms with E-state index in [0.29, 0.717) is 19.1 Å². The Morgan fingerprint density at radius 2 is 2.14 bits per heavy atom. The van der Waals surface area contributed by atoms with Gasteiger partial charge in [0.05, 0.1) is 19.4 Å². The van der Waals surface area contributed by atoms with E-state index in [4.69, 9.17) is 4.42 Å². The Kier molecular flexibility index (Phi) is 5.19. The molecule has 116 valence electrons. The number of carbonyl (C=O) groups excluding carboxylic acids is 1. The number of nitrogens with one attached hydrogen (secondary N) is 1. The molecule has 2 aromatic rings. The molecule has 0 bridgehead atoms. The lowest BCUT2D eigenvalue weighted by molar-refractivity contribution is -0.123. The minimum Gasteiger partial charge on any atom is -0.467 e. The van der Waals surface area contributed by atoms with Crippen LogP contribution in [0, 0.1) is 0 Å². The topological polar surface area (TPSA) is 45.5 Å². The van der Waals surface area contributed by atoms with Gasteiger partial charge < -0.3 is 9.73 Å². The van der Waals surface area contributed by atoms with Gasteiger partial charge in [-0.15, -0.1) is 0 Å². The summed E-state index contributed by atoms with van der Waals surface area (Å²) in [5, 5.41) is 2.92. The first-order valence-corrected chi connectivity index (χ1v) is 8.64. The van der Waals surface area contributed by atoms with Gasteiger partial charge in [0.25, 0.3) is 0 Å². The molecular weight excluding hydrogens is 296 g/mol. The van der Waals surface area contributed by atoms with Crippen LogP contribution in [0.25, 0.3) is 0 Å². The van der Waals surface area contributed by atoms with Gasteiger partial charge in [-0.1, -0.05) is 30.3 Å². The molecule has 1 atom stereocenters. The molecular formula is C17H20N2O2S. The lowest BCUT2D eigenvalue weighted by atomic mass is 10.1. The summed E-state index contributed by atoms with van der Waals surface area (Å²) in [6.07, 6.45) is 1.62. The van der Waals surface area contributed by atoms with Crippen molar-refractivity contribution in [2.24, 2.45) is 0 Å². The summed E-state index contributed by atoms with van der Waals surface area (Å²) in [5.41, 5.74) is 1.29. The summed E-state index contributed by atoms with van der Waals surface area (Å²) in [4.78, 5) is 14.4. The van der Waals surface area contributed by atoms with E-state index >= 15 is 0 Å². The van der Waals surface area contributed by atoms with Crippen LogP contribution >= 0.6 is 11.8 Å². The van der Waals surface area contributed by atoms with Crippen LogP contribution < -0.4 is 5.32 Å². The van der Waals surface area contributed by atoms with Gasteiger partial charge in [0.15, 0.2) is 0 Å². The Bertz CT molecular complexity index is 586. The molecule has 0 unspecified atom stereocenters. The molecule has 22 heavy (non-hydrogen) atoms. The summed E-state index contributed by atoms with van der Waals surface area (Å²) in [5.74, 6) is 2.94. The second-order valence-electron chi connectivity index (χ2n) is 5.33. The van der Waals surface area contributed by atoms with Crippen LogP contribution in [-0.4, -0.2) is 35.4 Å². The van der Waals surface area contributed by atoms with E-state index in [1.54, 1.807) is 6.26 Å². The standard InChI is InChI=1S/C17H20N2O2S/c20-17(18-11-15-7-4-9-21-15)12-19-8-10-22-13-16(19)14-5-2-1-3-6-14/h1-7,9,16H,8,10-13H2,(H,18,20)/t16-/m1/s1.